The Bertz CT molecular complexity index is 374. The lowest BCUT2D eigenvalue weighted by molar-refractivity contribution is -0.0507. The third kappa shape index (κ3) is 4.23. The van der Waals surface area contributed by atoms with Gasteiger partial charge in [0.05, 0.1) is 6.61 Å². The van der Waals surface area contributed by atoms with E-state index in [1.807, 2.05) is 24.1 Å². The van der Waals surface area contributed by atoms with Crippen LogP contribution in [0.2, 0.25) is 0 Å². The first-order valence-electron chi connectivity index (χ1n) is 5.78. The maximum absolute atomic E-state index is 12.2. The van der Waals surface area contributed by atoms with Gasteiger partial charge in [-0.2, -0.15) is 8.78 Å². The molecule has 0 radical (unpaired) electrons. The van der Waals surface area contributed by atoms with Crippen molar-refractivity contribution in [1.29, 1.82) is 0 Å². The number of aliphatic hydroxyl groups excluding tert-OH is 1. The van der Waals surface area contributed by atoms with Gasteiger partial charge in [0.25, 0.3) is 0 Å². The lowest BCUT2D eigenvalue weighted by atomic mass is 10.1. The largest absolute Gasteiger partial charge is 0.434 e. The summed E-state index contributed by atoms with van der Waals surface area (Å²) in [5.41, 5.74) is 2.41. The van der Waals surface area contributed by atoms with Gasteiger partial charge in [-0.05, 0) is 37.6 Å². The average molecular weight is 259 g/mol. The number of benzene rings is 1. The van der Waals surface area contributed by atoms with Gasteiger partial charge in [-0.3, -0.25) is 4.90 Å². The van der Waals surface area contributed by atoms with Crippen LogP contribution in [0.5, 0.6) is 5.75 Å². The molecule has 0 fully saturated rings. The van der Waals surface area contributed by atoms with Crippen molar-refractivity contribution >= 4 is 0 Å². The van der Waals surface area contributed by atoms with E-state index in [9.17, 15) is 8.78 Å². The molecule has 0 aliphatic rings. The van der Waals surface area contributed by atoms with Crippen molar-refractivity contribution in [3.63, 3.8) is 0 Å². The zero-order chi connectivity index (χ0) is 13.7. The number of likely N-dealkylation sites (N-methyl/N-ethyl adjacent to an activating group) is 1. The van der Waals surface area contributed by atoms with Crippen molar-refractivity contribution in [2.45, 2.75) is 27.0 Å². The van der Waals surface area contributed by atoms with Crippen LogP contribution in [0.4, 0.5) is 8.78 Å². The van der Waals surface area contributed by atoms with E-state index in [2.05, 4.69) is 4.74 Å². The highest BCUT2D eigenvalue weighted by molar-refractivity contribution is 5.43. The first kappa shape index (κ1) is 14.9. The van der Waals surface area contributed by atoms with Crippen LogP contribution in [0, 0.1) is 13.8 Å². The summed E-state index contributed by atoms with van der Waals surface area (Å²) in [6.45, 7) is 2.04. The van der Waals surface area contributed by atoms with E-state index in [1.54, 1.807) is 13.8 Å². The predicted molar refractivity (Wildman–Crippen MR) is 66.0 cm³/mol. The summed E-state index contributed by atoms with van der Waals surface area (Å²) < 4.78 is 29.0. The van der Waals surface area contributed by atoms with Crippen LogP contribution in [0.3, 0.4) is 0 Å². The SMILES string of the molecule is Cc1cc(CN(C)CCO)cc(C)c1OC(F)F. The minimum absolute atomic E-state index is 0.0983. The van der Waals surface area contributed by atoms with E-state index in [-0.39, 0.29) is 12.4 Å². The quantitative estimate of drug-likeness (QED) is 0.851. The van der Waals surface area contributed by atoms with Crippen LogP contribution < -0.4 is 4.74 Å². The zero-order valence-electron chi connectivity index (χ0n) is 10.9. The van der Waals surface area contributed by atoms with Gasteiger partial charge >= 0.3 is 6.61 Å². The number of alkyl halides is 2. The molecule has 0 unspecified atom stereocenters. The Hall–Kier alpha value is -1.20. The lowest BCUT2D eigenvalue weighted by Gasteiger charge is -2.18. The van der Waals surface area contributed by atoms with E-state index in [4.69, 9.17) is 5.11 Å². The van der Waals surface area contributed by atoms with Crippen LogP contribution in [0.25, 0.3) is 0 Å². The van der Waals surface area contributed by atoms with Gasteiger partial charge in [-0.15, -0.1) is 0 Å². The van der Waals surface area contributed by atoms with E-state index >= 15 is 0 Å². The van der Waals surface area contributed by atoms with Gasteiger partial charge < -0.3 is 9.84 Å². The number of nitrogens with zero attached hydrogens (tertiary/aromatic N) is 1. The maximum atomic E-state index is 12.2. The number of ether oxygens (including phenoxy) is 1. The van der Waals surface area contributed by atoms with E-state index < -0.39 is 6.61 Å². The smallest absolute Gasteiger partial charge is 0.387 e. The Balaban J connectivity index is 2.85. The second kappa shape index (κ2) is 6.66. The minimum Gasteiger partial charge on any atom is -0.434 e. The summed E-state index contributed by atoms with van der Waals surface area (Å²) in [5, 5.41) is 8.82. The van der Waals surface area contributed by atoms with Crippen LogP contribution in [0.15, 0.2) is 12.1 Å². The van der Waals surface area contributed by atoms with Gasteiger partial charge in [0.2, 0.25) is 0 Å². The van der Waals surface area contributed by atoms with E-state index in [0.717, 1.165) is 5.56 Å². The molecule has 1 aromatic carbocycles. The van der Waals surface area contributed by atoms with Gasteiger partial charge in [-0.25, -0.2) is 0 Å². The summed E-state index contributed by atoms with van der Waals surface area (Å²) in [6, 6.07) is 3.66. The molecule has 1 aromatic rings. The Labute approximate surface area is 106 Å². The van der Waals surface area contributed by atoms with Gasteiger partial charge in [0.1, 0.15) is 5.75 Å². The third-order valence-electron chi connectivity index (χ3n) is 2.66. The summed E-state index contributed by atoms with van der Waals surface area (Å²) in [4.78, 5) is 1.96. The molecule has 1 N–H and O–H groups in total. The third-order valence-corrected chi connectivity index (χ3v) is 2.66. The molecule has 0 bridgehead atoms. The average Bonchev–Trinajstić information content (AvgIpc) is 2.23. The Kier molecular flexibility index (Phi) is 5.50. The number of hydrogen-bond donors (Lipinski definition) is 1. The molecule has 0 aromatic heterocycles. The molecule has 102 valence electrons. The summed E-state index contributed by atoms with van der Waals surface area (Å²) in [6.07, 6.45) is 0. The molecular weight excluding hydrogens is 240 g/mol. The van der Waals surface area contributed by atoms with Crippen LogP contribution in [-0.4, -0.2) is 36.8 Å². The van der Waals surface area contributed by atoms with Crippen molar-refractivity contribution in [3.8, 4) is 5.75 Å². The molecule has 5 heteroatoms. The van der Waals surface area contributed by atoms with Gasteiger partial charge in [-0.1, -0.05) is 12.1 Å². The van der Waals surface area contributed by atoms with Crippen molar-refractivity contribution in [1.82, 2.24) is 4.90 Å². The van der Waals surface area contributed by atoms with Gasteiger partial charge in [0.15, 0.2) is 0 Å². The second-order valence-electron chi connectivity index (χ2n) is 4.40. The lowest BCUT2D eigenvalue weighted by Crippen LogP contribution is -2.21. The number of halogens is 2. The minimum atomic E-state index is -2.80. The molecule has 0 saturated heterocycles. The standard InChI is InChI=1S/C13H19F2NO2/c1-9-6-11(8-16(3)4-5-17)7-10(2)12(9)18-13(14)15/h6-7,13,17H,4-5,8H2,1-3H3. The molecule has 0 atom stereocenters. The van der Waals surface area contributed by atoms with Crippen LogP contribution in [0.1, 0.15) is 16.7 Å². The van der Waals surface area contributed by atoms with Crippen molar-refractivity contribution in [3.05, 3.63) is 28.8 Å². The van der Waals surface area contributed by atoms with Crippen LogP contribution >= 0.6 is 0 Å². The van der Waals surface area contributed by atoms with Gasteiger partial charge in [0, 0.05) is 13.1 Å². The fourth-order valence-corrected chi connectivity index (χ4v) is 1.97. The van der Waals surface area contributed by atoms with Crippen molar-refractivity contribution < 1.29 is 18.6 Å². The fraction of sp³-hybridized carbons (Fsp3) is 0.538. The Morgan fingerprint density at radius 2 is 1.83 bits per heavy atom. The summed E-state index contributed by atoms with van der Waals surface area (Å²) in [5.74, 6) is 0.249. The Morgan fingerprint density at radius 1 is 1.28 bits per heavy atom. The fourth-order valence-electron chi connectivity index (χ4n) is 1.97. The predicted octanol–water partition coefficient (Wildman–Crippen LogP) is 2.33. The van der Waals surface area contributed by atoms with Crippen molar-refractivity contribution in [2.75, 3.05) is 20.2 Å². The highest BCUT2D eigenvalue weighted by Gasteiger charge is 2.12. The number of aryl methyl sites for hydroxylation is 2. The topological polar surface area (TPSA) is 32.7 Å². The maximum Gasteiger partial charge on any atom is 0.387 e. The molecular formula is C13H19F2NO2. The van der Waals surface area contributed by atoms with E-state index in [1.165, 1.54) is 0 Å². The molecule has 18 heavy (non-hydrogen) atoms. The number of hydrogen-bond acceptors (Lipinski definition) is 3. The molecule has 0 aliphatic heterocycles. The monoisotopic (exact) mass is 259 g/mol. The molecule has 3 nitrogen and oxygen atoms in total. The highest BCUT2D eigenvalue weighted by Crippen LogP contribution is 2.26. The number of rotatable bonds is 6. The highest BCUT2D eigenvalue weighted by atomic mass is 19.3. The first-order chi connectivity index (χ1) is 8.43. The Morgan fingerprint density at radius 3 is 2.28 bits per heavy atom. The summed E-state index contributed by atoms with van der Waals surface area (Å²) in [7, 11) is 1.89. The zero-order valence-corrected chi connectivity index (χ0v) is 10.9. The molecule has 0 heterocycles. The molecule has 0 amide bonds. The summed E-state index contributed by atoms with van der Waals surface area (Å²) >= 11 is 0. The number of aliphatic hydroxyl groups is 1. The second-order valence-corrected chi connectivity index (χ2v) is 4.40. The molecule has 1 rings (SSSR count). The van der Waals surface area contributed by atoms with E-state index in [0.29, 0.717) is 24.2 Å². The molecule has 0 spiro atoms. The normalized spacial score (nSPS) is 11.3. The molecule has 0 saturated carbocycles. The first-order valence-corrected chi connectivity index (χ1v) is 5.78. The molecule has 0 aliphatic carbocycles. The van der Waals surface area contributed by atoms with Crippen LogP contribution in [-0.2, 0) is 6.54 Å². The van der Waals surface area contributed by atoms with Crippen molar-refractivity contribution in [2.24, 2.45) is 0 Å².